The molecule has 1 aromatic heterocycles. The molecular weight excluding hydrogens is 318 g/mol. The molecule has 124 valence electrons. The number of amides is 3. The lowest BCUT2D eigenvalue weighted by molar-refractivity contribution is -0.156. The maximum atomic E-state index is 12.6. The van der Waals surface area contributed by atoms with E-state index in [-0.39, 0.29) is 30.9 Å². The largest absolute Gasteiger partial charge is 0.375 e. The lowest BCUT2D eigenvalue weighted by Gasteiger charge is -2.45. The van der Waals surface area contributed by atoms with Gasteiger partial charge in [0.25, 0.3) is 0 Å². The van der Waals surface area contributed by atoms with E-state index < -0.39 is 12.1 Å². The fraction of sp³-hybridized carbons (Fsp3) is 0.533. The van der Waals surface area contributed by atoms with Crippen molar-refractivity contribution in [2.45, 2.75) is 18.5 Å². The molecular formula is C15H19N3O4S. The molecule has 2 atom stereocenters. The van der Waals surface area contributed by atoms with Crippen LogP contribution >= 0.6 is 11.3 Å². The summed E-state index contributed by atoms with van der Waals surface area (Å²) in [6.07, 6.45) is 0.512. The van der Waals surface area contributed by atoms with Crippen LogP contribution in [0.3, 0.4) is 0 Å². The fourth-order valence-electron chi connectivity index (χ4n) is 3.01. The van der Waals surface area contributed by atoms with Crippen LogP contribution in [0.4, 0.5) is 0 Å². The highest BCUT2D eigenvalue weighted by atomic mass is 32.1. The number of hydrogen-bond donors (Lipinski definition) is 1. The van der Waals surface area contributed by atoms with Gasteiger partial charge in [0.15, 0.2) is 0 Å². The first kappa shape index (κ1) is 15.9. The SMILES string of the molecule is COCC(=O)N1CCN2C(=O)C(Cc3cccs3)NC(=O)C2C1. The van der Waals surface area contributed by atoms with Gasteiger partial charge in [-0.25, -0.2) is 0 Å². The van der Waals surface area contributed by atoms with E-state index in [1.165, 1.54) is 7.11 Å². The number of piperazine rings is 2. The molecule has 2 fully saturated rings. The molecule has 2 unspecified atom stereocenters. The number of carbonyl (C=O) groups is 3. The molecule has 0 spiro atoms. The minimum atomic E-state index is -0.600. The molecule has 8 heteroatoms. The number of thiophene rings is 1. The van der Waals surface area contributed by atoms with Crippen LogP contribution in [0.15, 0.2) is 17.5 Å². The highest BCUT2D eigenvalue weighted by Gasteiger charge is 2.44. The van der Waals surface area contributed by atoms with Gasteiger partial charge in [-0.15, -0.1) is 11.3 Å². The van der Waals surface area contributed by atoms with E-state index in [0.29, 0.717) is 19.5 Å². The quantitative estimate of drug-likeness (QED) is 0.801. The van der Waals surface area contributed by atoms with E-state index in [0.717, 1.165) is 4.88 Å². The molecule has 3 amide bonds. The van der Waals surface area contributed by atoms with E-state index in [1.54, 1.807) is 21.1 Å². The maximum Gasteiger partial charge on any atom is 0.248 e. The predicted octanol–water partition coefficient (Wildman–Crippen LogP) is -0.525. The molecule has 23 heavy (non-hydrogen) atoms. The van der Waals surface area contributed by atoms with Gasteiger partial charge in [-0.2, -0.15) is 0 Å². The summed E-state index contributed by atoms with van der Waals surface area (Å²) in [5.41, 5.74) is 0. The van der Waals surface area contributed by atoms with Crippen LogP contribution in [0.2, 0.25) is 0 Å². The van der Waals surface area contributed by atoms with Gasteiger partial charge >= 0.3 is 0 Å². The number of nitrogens with one attached hydrogen (secondary N) is 1. The van der Waals surface area contributed by atoms with Gasteiger partial charge in [-0.1, -0.05) is 6.07 Å². The van der Waals surface area contributed by atoms with Crippen LogP contribution in [0.5, 0.6) is 0 Å². The first-order valence-corrected chi connectivity index (χ1v) is 8.38. The molecule has 0 bridgehead atoms. The van der Waals surface area contributed by atoms with E-state index >= 15 is 0 Å². The van der Waals surface area contributed by atoms with Crippen molar-refractivity contribution in [3.8, 4) is 0 Å². The Kier molecular flexibility index (Phi) is 4.63. The standard InChI is InChI=1S/C15H19N3O4S/c1-22-9-13(19)17-4-5-18-12(8-17)14(20)16-11(15(18)21)7-10-3-2-6-23-10/h2-3,6,11-12H,4-5,7-9H2,1H3,(H,16,20). The first-order chi connectivity index (χ1) is 11.1. The lowest BCUT2D eigenvalue weighted by Crippen LogP contribution is -2.70. The highest BCUT2D eigenvalue weighted by molar-refractivity contribution is 7.09. The Morgan fingerprint density at radius 3 is 2.96 bits per heavy atom. The zero-order valence-corrected chi connectivity index (χ0v) is 13.7. The smallest absolute Gasteiger partial charge is 0.248 e. The third kappa shape index (κ3) is 3.23. The van der Waals surface area contributed by atoms with Crippen molar-refractivity contribution in [3.63, 3.8) is 0 Å². The summed E-state index contributed by atoms with van der Waals surface area (Å²) in [7, 11) is 1.46. The van der Waals surface area contributed by atoms with Crippen molar-refractivity contribution in [1.82, 2.24) is 15.1 Å². The molecule has 0 saturated carbocycles. The van der Waals surface area contributed by atoms with Crippen molar-refractivity contribution in [3.05, 3.63) is 22.4 Å². The van der Waals surface area contributed by atoms with Gasteiger partial charge < -0.3 is 19.9 Å². The second-order valence-electron chi connectivity index (χ2n) is 5.66. The Hall–Kier alpha value is -1.93. The number of hydrogen-bond acceptors (Lipinski definition) is 5. The lowest BCUT2D eigenvalue weighted by atomic mass is 10.0. The van der Waals surface area contributed by atoms with Gasteiger partial charge in [-0.05, 0) is 11.4 Å². The number of carbonyl (C=O) groups excluding carboxylic acids is 3. The summed E-state index contributed by atoms with van der Waals surface area (Å²) in [4.78, 5) is 41.1. The zero-order valence-electron chi connectivity index (χ0n) is 12.9. The summed E-state index contributed by atoms with van der Waals surface area (Å²) in [6.45, 7) is 1.03. The van der Waals surface area contributed by atoms with E-state index in [4.69, 9.17) is 4.74 Å². The Bertz CT molecular complexity index is 604. The third-order valence-electron chi connectivity index (χ3n) is 4.19. The molecule has 0 aromatic carbocycles. The van der Waals surface area contributed by atoms with Crippen LogP contribution in [-0.4, -0.2) is 73.0 Å². The molecule has 2 aliphatic heterocycles. The molecule has 0 aliphatic carbocycles. The Morgan fingerprint density at radius 1 is 1.43 bits per heavy atom. The number of rotatable bonds is 4. The first-order valence-electron chi connectivity index (χ1n) is 7.50. The fourth-order valence-corrected chi connectivity index (χ4v) is 3.76. The average Bonchev–Trinajstić information content (AvgIpc) is 3.05. The second kappa shape index (κ2) is 6.67. The van der Waals surface area contributed by atoms with Gasteiger partial charge in [0.05, 0.1) is 6.54 Å². The Morgan fingerprint density at radius 2 is 2.26 bits per heavy atom. The number of ether oxygens (including phenoxy) is 1. The molecule has 3 heterocycles. The summed E-state index contributed by atoms with van der Waals surface area (Å²) >= 11 is 1.57. The van der Waals surface area contributed by atoms with E-state index in [2.05, 4.69) is 5.32 Å². The van der Waals surface area contributed by atoms with Crippen molar-refractivity contribution in [2.24, 2.45) is 0 Å². The van der Waals surface area contributed by atoms with Gasteiger partial charge in [0.2, 0.25) is 17.7 Å². The molecule has 0 radical (unpaired) electrons. The van der Waals surface area contributed by atoms with Crippen LogP contribution in [0.1, 0.15) is 4.88 Å². The molecule has 1 N–H and O–H groups in total. The maximum absolute atomic E-state index is 12.6. The number of fused-ring (bicyclic) bond motifs is 1. The molecule has 2 aliphatic rings. The van der Waals surface area contributed by atoms with Crippen molar-refractivity contribution < 1.29 is 19.1 Å². The van der Waals surface area contributed by atoms with Crippen LogP contribution in [0.25, 0.3) is 0 Å². The topological polar surface area (TPSA) is 79.0 Å². The van der Waals surface area contributed by atoms with Gasteiger partial charge in [0.1, 0.15) is 18.7 Å². The number of nitrogens with zero attached hydrogens (tertiary/aromatic N) is 2. The van der Waals surface area contributed by atoms with Crippen molar-refractivity contribution in [1.29, 1.82) is 0 Å². The Balaban J connectivity index is 1.68. The highest BCUT2D eigenvalue weighted by Crippen LogP contribution is 2.20. The average molecular weight is 337 g/mol. The molecule has 1 aromatic rings. The van der Waals surface area contributed by atoms with E-state index in [1.807, 2.05) is 17.5 Å². The van der Waals surface area contributed by atoms with Crippen molar-refractivity contribution >= 4 is 29.1 Å². The second-order valence-corrected chi connectivity index (χ2v) is 6.70. The van der Waals surface area contributed by atoms with Crippen LogP contribution in [-0.2, 0) is 25.5 Å². The third-order valence-corrected chi connectivity index (χ3v) is 5.09. The predicted molar refractivity (Wildman–Crippen MR) is 83.9 cm³/mol. The molecule has 3 rings (SSSR count). The normalized spacial score (nSPS) is 24.4. The molecule has 7 nitrogen and oxygen atoms in total. The number of methoxy groups -OCH3 is 1. The summed E-state index contributed by atoms with van der Waals surface area (Å²) in [6, 6.07) is 2.77. The summed E-state index contributed by atoms with van der Waals surface area (Å²) in [5, 5.41) is 4.75. The van der Waals surface area contributed by atoms with Gasteiger partial charge in [-0.3, -0.25) is 14.4 Å². The summed E-state index contributed by atoms with van der Waals surface area (Å²) in [5.74, 6) is -0.420. The van der Waals surface area contributed by atoms with Crippen LogP contribution < -0.4 is 5.32 Å². The summed E-state index contributed by atoms with van der Waals surface area (Å²) < 4.78 is 4.85. The van der Waals surface area contributed by atoms with Gasteiger partial charge in [0, 0.05) is 31.5 Å². The minimum Gasteiger partial charge on any atom is -0.375 e. The van der Waals surface area contributed by atoms with Crippen LogP contribution in [0, 0.1) is 0 Å². The van der Waals surface area contributed by atoms with E-state index in [9.17, 15) is 14.4 Å². The monoisotopic (exact) mass is 337 g/mol. The zero-order chi connectivity index (χ0) is 16.4. The molecule has 2 saturated heterocycles. The minimum absolute atomic E-state index is 0.0106. The Labute approximate surface area is 138 Å². The van der Waals surface area contributed by atoms with Crippen molar-refractivity contribution in [2.75, 3.05) is 33.4 Å².